The van der Waals surface area contributed by atoms with Crippen LogP contribution in [0.1, 0.15) is 6.92 Å². The summed E-state index contributed by atoms with van der Waals surface area (Å²) in [5, 5.41) is 0. The summed E-state index contributed by atoms with van der Waals surface area (Å²) in [6.07, 6.45) is 0. The summed E-state index contributed by atoms with van der Waals surface area (Å²) in [6.45, 7) is 1.56. The van der Waals surface area contributed by atoms with Crippen LogP contribution in [-0.2, 0) is 0 Å². The van der Waals surface area contributed by atoms with Gasteiger partial charge < -0.3 is 19.3 Å². The average Bonchev–Trinajstić information content (AvgIpc) is 1.62. The van der Waals surface area contributed by atoms with E-state index in [1.807, 2.05) is 0 Å². The van der Waals surface area contributed by atoms with Gasteiger partial charge in [0.15, 0.2) is 0 Å². The van der Waals surface area contributed by atoms with Crippen LogP contribution in [0.3, 0.4) is 0 Å². The van der Waals surface area contributed by atoms with Crippen molar-refractivity contribution in [3.8, 4) is 0 Å². The third-order valence-electron chi connectivity index (χ3n) is 1.34. The van der Waals surface area contributed by atoms with Gasteiger partial charge >= 0.3 is 8.80 Å². The van der Waals surface area contributed by atoms with E-state index in [9.17, 15) is 0 Å². The maximum absolute atomic E-state index is 8.66. The predicted molar refractivity (Wildman–Crippen MR) is 35.6 cm³/mol. The van der Waals surface area contributed by atoms with Gasteiger partial charge in [0.2, 0.25) is 0 Å². The molecule has 0 amide bonds. The highest BCUT2D eigenvalue weighted by Gasteiger charge is 2.36. The zero-order valence-corrected chi connectivity index (χ0v) is 6.87. The molecule has 0 fully saturated rings. The summed E-state index contributed by atoms with van der Waals surface area (Å²) < 4.78 is 0. The molecule has 0 bridgehead atoms. The molecule has 0 aromatic heterocycles. The molecule has 0 aromatic rings. The average molecular weight is 151 g/mol. The highest BCUT2D eigenvalue weighted by molar-refractivity contribution is 6.57. The Balaban J connectivity index is 3.88. The Kier molecular flexibility index (Phi) is 2.78. The van der Waals surface area contributed by atoms with Gasteiger partial charge in [-0.05, 0) is 21.0 Å². The molecule has 1 unspecified atom stereocenters. The van der Waals surface area contributed by atoms with Crippen molar-refractivity contribution in [2.24, 2.45) is 0 Å². The normalized spacial score (nSPS) is 16.3. The van der Waals surface area contributed by atoms with Crippen LogP contribution in [0.5, 0.6) is 0 Å². The van der Waals surface area contributed by atoms with E-state index in [1.165, 1.54) is 0 Å². The molecule has 5 heteroatoms. The maximum Gasteiger partial charge on any atom is 0.510 e. The van der Waals surface area contributed by atoms with E-state index in [0.717, 1.165) is 0 Å². The van der Waals surface area contributed by atoms with Crippen LogP contribution in [0, 0.1) is 0 Å². The number of nitrogens with zero attached hydrogens (tertiary/aromatic N) is 1. The lowest BCUT2D eigenvalue weighted by Gasteiger charge is -2.24. The Morgan fingerprint density at radius 2 is 1.56 bits per heavy atom. The largest absolute Gasteiger partial charge is 0.510 e. The van der Waals surface area contributed by atoms with Crippen LogP contribution in [0.15, 0.2) is 0 Å². The van der Waals surface area contributed by atoms with E-state index in [1.54, 1.807) is 25.9 Å². The van der Waals surface area contributed by atoms with Crippen molar-refractivity contribution in [2.75, 3.05) is 14.1 Å². The molecule has 0 saturated carbocycles. The Bertz CT molecular complexity index is 90.3. The lowest BCUT2D eigenvalue weighted by molar-refractivity contribution is 0.173. The van der Waals surface area contributed by atoms with Crippen LogP contribution in [0.4, 0.5) is 0 Å². The molecule has 0 aliphatic heterocycles. The summed E-state index contributed by atoms with van der Waals surface area (Å²) in [7, 11) is -0.546. The monoisotopic (exact) mass is 151 g/mol. The third kappa shape index (κ3) is 2.92. The van der Waals surface area contributed by atoms with E-state index in [0.29, 0.717) is 0 Å². The number of rotatable bonds is 2. The van der Waals surface area contributed by atoms with E-state index >= 15 is 0 Å². The van der Waals surface area contributed by atoms with Gasteiger partial charge in [0.05, 0.1) is 5.67 Å². The minimum Gasteiger partial charge on any atom is -0.389 e. The second-order valence-corrected chi connectivity index (χ2v) is 4.54. The highest BCUT2D eigenvalue weighted by Crippen LogP contribution is 2.00. The zero-order chi connectivity index (χ0) is 7.65. The molecule has 0 spiro atoms. The topological polar surface area (TPSA) is 63.9 Å². The van der Waals surface area contributed by atoms with E-state index in [2.05, 4.69) is 0 Å². The fourth-order valence-corrected chi connectivity index (χ4v) is 1.04. The molecule has 0 aliphatic carbocycles. The molecule has 3 N–H and O–H groups in total. The first kappa shape index (κ1) is 9.06. The second-order valence-electron chi connectivity index (χ2n) is 2.33. The van der Waals surface area contributed by atoms with Gasteiger partial charge in [-0.3, -0.25) is 0 Å². The second kappa shape index (κ2) is 2.76. The minimum atomic E-state index is -3.90. The SMILES string of the molecule is CC(N(C)C)[Si](O)(O)O. The van der Waals surface area contributed by atoms with Gasteiger partial charge in [-0.15, -0.1) is 0 Å². The first-order valence-corrected chi connectivity index (χ1v) is 4.61. The molecule has 0 heterocycles. The first-order chi connectivity index (χ1) is 3.85. The number of hydrogen-bond acceptors (Lipinski definition) is 4. The standard InChI is InChI=1S/C4H13NO3Si/c1-4(5(2)3)9(6,7)8/h4,6-8H,1-3H3. The molecule has 9 heavy (non-hydrogen) atoms. The van der Waals surface area contributed by atoms with E-state index < -0.39 is 14.5 Å². The smallest absolute Gasteiger partial charge is 0.389 e. The Morgan fingerprint density at radius 1 is 1.22 bits per heavy atom. The summed E-state index contributed by atoms with van der Waals surface area (Å²) in [5.74, 6) is 0. The third-order valence-corrected chi connectivity index (χ3v) is 2.97. The quantitative estimate of drug-likeness (QED) is 0.416. The van der Waals surface area contributed by atoms with Gasteiger partial charge in [-0.1, -0.05) is 0 Å². The molecule has 0 aromatic carbocycles. The fraction of sp³-hybridized carbons (Fsp3) is 1.00. The van der Waals surface area contributed by atoms with Crippen molar-refractivity contribution >= 4 is 8.80 Å². The van der Waals surface area contributed by atoms with Crippen LogP contribution in [0.2, 0.25) is 0 Å². The Morgan fingerprint density at radius 3 is 1.56 bits per heavy atom. The lowest BCUT2D eigenvalue weighted by Crippen LogP contribution is -2.53. The van der Waals surface area contributed by atoms with Crippen molar-refractivity contribution in [1.29, 1.82) is 0 Å². The van der Waals surface area contributed by atoms with Gasteiger partial charge in [-0.2, -0.15) is 0 Å². The molecule has 0 radical (unpaired) electrons. The molecule has 0 saturated heterocycles. The van der Waals surface area contributed by atoms with E-state index in [-0.39, 0.29) is 0 Å². The summed E-state index contributed by atoms with van der Waals surface area (Å²) >= 11 is 0. The van der Waals surface area contributed by atoms with Gasteiger partial charge in [0.25, 0.3) is 0 Å². The highest BCUT2D eigenvalue weighted by atomic mass is 28.4. The Labute approximate surface area is 55.7 Å². The van der Waals surface area contributed by atoms with Gasteiger partial charge in [-0.25, -0.2) is 0 Å². The molecule has 4 nitrogen and oxygen atoms in total. The van der Waals surface area contributed by atoms with Crippen molar-refractivity contribution in [3.05, 3.63) is 0 Å². The van der Waals surface area contributed by atoms with Crippen molar-refractivity contribution in [1.82, 2.24) is 4.90 Å². The molecule has 56 valence electrons. The van der Waals surface area contributed by atoms with Crippen molar-refractivity contribution in [2.45, 2.75) is 12.6 Å². The predicted octanol–water partition coefficient (Wildman–Crippen LogP) is -1.61. The molecular weight excluding hydrogens is 138 g/mol. The zero-order valence-electron chi connectivity index (χ0n) is 5.87. The van der Waals surface area contributed by atoms with Crippen LogP contribution >= 0.6 is 0 Å². The molecule has 0 rings (SSSR count). The van der Waals surface area contributed by atoms with Crippen LogP contribution in [-0.4, -0.2) is 47.9 Å². The van der Waals surface area contributed by atoms with Gasteiger partial charge in [0.1, 0.15) is 0 Å². The van der Waals surface area contributed by atoms with Crippen LogP contribution < -0.4 is 0 Å². The van der Waals surface area contributed by atoms with Crippen molar-refractivity contribution in [3.63, 3.8) is 0 Å². The van der Waals surface area contributed by atoms with Gasteiger partial charge in [0, 0.05) is 0 Å². The van der Waals surface area contributed by atoms with E-state index in [4.69, 9.17) is 14.4 Å². The molecular formula is C4H13NO3Si. The number of hydrogen-bond donors (Lipinski definition) is 3. The lowest BCUT2D eigenvalue weighted by atomic mass is 10.7. The minimum absolute atomic E-state index is 0.544. The first-order valence-electron chi connectivity index (χ1n) is 2.69. The molecule has 1 atom stereocenters. The Hall–Kier alpha value is 0.0569. The fourth-order valence-electron chi connectivity index (χ4n) is 0.346. The van der Waals surface area contributed by atoms with Crippen LogP contribution in [0.25, 0.3) is 0 Å². The summed E-state index contributed by atoms with van der Waals surface area (Å²) in [6, 6.07) is 0. The summed E-state index contributed by atoms with van der Waals surface area (Å²) in [4.78, 5) is 27.6. The summed E-state index contributed by atoms with van der Waals surface area (Å²) in [5.41, 5.74) is -0.544. The van der Waals surface area contributed by atoms with Crippen molar-refractivity contribution < 1.29 is 14.4 Å². The maximum atomic E-state index is 8.66. The molecule has 0 aliphatic rings.